The minimum absolute atomic E-state index is 0.126. The van der Waals surface area contributed by atoms with Crippen molar-refractivity contribution in [2.24, 2.45) is 5.73 Å². The molecule has 2 aromatic rings. The van der Waals surface area contributed by atoms with E-state index in [1.54, 1.807) is 11.3 Å². The molecule has 5 heteroatoms. The zero-order chi connectivity index (χ0) is 14.5. The summed E-state index contributed by atoms with van der Waals surface area (Å²) in [6.07, 6.45) is 0.549. The molecule has 1 aromatic heterocycles. The van der Waals surface area contributed by atoms with Crippen LogP contribution in [0, 0.1) is 13.8 Å². The Morgan fingerprint density at radius 3 is 2.65 bits per heavy atom. The van der Waals surface area contributed by atoms with Crippen LogP contribution in [-0.2, 0) is 17.8 Å². The van der Waals surface area contributed by atoms with Gasteiger partial charge in [-0.1, -0.05) is 30.3 Å². The monoisotopic (exact) mass is 289 g/mol. The predicted molar refractivity (Wildman–Crippen MR) is 81.6 cm³/mol. The first-order valence-corrected chi connectivity index (χ1v) is 7.38. The van der Waals surface area contributed by atoms with Gasteiger partial charge in [0.05, 0.1) is 23.3 Å². The van der Waals surface area contributed by atoms with Crippen LogP contribution in [0.25, 0.3) is 0 Å². The summed E-state index contributed by atoms with van der Waals surface area (Å²) in [5.74, 6) is -0.126. The molecule has 2 rings (SSSR count). The van der Waals surface area contributed by atoms with Crippen LogP contribution in [0.15, 0.2) is 30.3 Å². The summed E-state index contributed by atoms with van der Waals surface area (Å²) >= 11 is 1.61. The average Bonchev–Trinajstić information content (AvgIpc) is 2.75. The van der Waals surface area contributed by atoms with Gasteiger partial charge in [0, 0.05) is 4.88 Å². The molecule has 106 valence electrons. The number of thiazole rings is 1. The van der Waals surface area contributed by atoms with Crippen LogP contribution in [-0.4, -0.2) is 16.9 Å². The number of nitrogens with zero attached hydrogens (tertiary/aromatic N) is 1. The van der Waals surface area contributed by atoms with E-state index >= 15 is 0 Å². The molecule has 1 aromatic carbocycles. The van der Waals surface area contributed by atoms with Crippen molar-refractivity contribution < 1.29 is 4.79 Å². The molecular formula is C15H19N3OS. The summed E-state index contributed by atoms with van der Waals surface area (Å²) in [6, 6.07) is 9.27. The Bertz CT molecular complexity index is 580. The fourth-order valence-electron chi connectivity index (χ4n) is 2.00. The quantitative estimate of drug-likeness (QED) is 0.884. The topological polar surface area (TPSA) is 68.0 Å². The third-order valence-corrected chi connectivity index (χ3v) is 4.13. The van der Waals surface area contributed by atoms with Crippen molar-refractivity contribution in [2.45, 2.75) is 32.9 Å². The highest BCUT2D eigenvalue weighted by atomic mass is 32.1. The lowest BCUT2D eigenvalue weighted by molar-refractivity contribution is -0.122. The second-order valence-electron chi connectivity index (χ2n) is 4.76. The minimum Gasteiger partial charge on any atom is -0.350 e. The number of amides is 1. The Hall–Kier alpha value is -1.72. The van der Waals surface area contributed by atoms with Crippen LogP contribution < -0.4 is 11.1 Å². The first kappa shape index (κ1) is 14.7. The first-order valence-electron chi connectivity index (χ1n) is 6.56. The molecule has 3 N–H and O–H groups in total. The van der Waals surface area contributed by atoms with Gasteiger partial charge in [0.15, 0.2) is 0 Å². The maximum absolute atomic E-state index is 12.0. The number of aromatic nitrogens is 1. The van der Waals surface area contributed by atoms with Gasteiger partial charge in [-0.3, -0.25) is 4.79 Å². The van der Waals surface area contributed by atoms with Crippen LogP contribution in [0.2, 0.25) is 0 Å². The molecule has 0 aliphatic heterocycles. The van der Waals surface area contributed by atoms with Crippen molar-refractivity contribution in [2.75, 3.05) is 0 Å². The third-order valence-electron chi connectivity index (χ3n) is 3.06. The van der Waals surface area contributed by atoms with E-state index in [1.165, 1.54) is 0 Å². The highest BCUT2D eigenvalue weighted by Gasteiger charge is 2.14. The second-order valence-corrected chi connectivity index (χ2v) is 6.04. The minimum atomic E-state index is -0.522. The molecule has 0 fully saturated rings. The summed E-state index contributed by atoms with van der Waals surface area (Å²) in [7, 11) is 0. The lowest BCUT2D eigenvalue weighted by atomic mass is 10.1. The zero-order valence-corrected chi connectivity index (χ0v) is 12.5. The normalized spacial score (nSPS) is 12.2. The van der Waals surface area contributed by atoms with E-state index in [9.17, 15) is 4.79 Å². The highest BCUT2D eigenvalue weighted by molar-refractivity contribution is 7.11. The Morgan fingerprint density at radius 1 is 1.35 bits per heavy atom. The summed E-state index contributed by atoms with van der Waals surface area (Å²) in [6.45, 7) is 4.41. The van der Waals surface area contributed by atoms with Crippen LogP contribution in [0.5, 0.6) is 0 Å². The van der Waals surface area contributed by atoms with Gasteiger partial charge < -0.3 is 11.1 Å². The summed E-state index contributed by atoms with van der Waals surface area (Å²) in [5, 5.41) is 3.89. The van der Waals surface area contributed by atoms with E-state index in [0.29, 0.717) is 13.0 Å². The standard InChI is InChI=1S/C15H19N3OS/c1-10-14(20-11(2)18-10)9-17-15(19)13(16)8-12-6-4-3-5-7-12/h3-7,13H,8-9,16H2,1-2H3,(H,17,19)/t13-/m0/s1. The van der Waals surface area contributed by atoms with Crippen molar-refractivity contribution in [3.8, 4) is 0 Å². The molecule has 0 spiro atoms. The average molecular weight is 289 g/mol. The highest BCUT2D eigenvalue weighted by Crippen LogP contribution is 2.16. The zero-order valence-electron chi connectivity index (χ0n) is 11.7. The number of rotatable bonds is 5. The van der Waals surface area contributed by atoms with E-state index in [0.717, 1.165) is 21.1 Å². The molecule has 1 amide bonds. The van der Waals surface area contributed by atoms with Crippen molar-refractivity contribution in [1.82, 2.24) is 10.3 Å². The van der Waals surface area contributed by atoms with Crippen LogP contribution in [0.4, 0.5) is 0 Å². The van der Waals surface area contributed by atoms with E-state index < -0.39 is 6.04 Å². The number of aryl methyl sites for hydroxylation is 2. The third kappa shape index (κ3) is 3.88. The van der Waals surface area contributed by atoms with Gasteiger partial charge >= 0.3 is 0 Å². The van der Waals surface area contributed by atoms with Gasteiger partial charge in [0.1, 0.15) is 0 Å². The predicted octanol–water partition coefficient (Wildman–Crippen LogP) is 1.95. The maximum atomic E-state index is 12.0. The van der Waals surface area contributed by atoms with Crippen molar-refractivity contribution in [3.05, 3.63) is 51.5 Å². The Balaban J connectivity index is 1.87. The molecule has 0 saturated heterocycles. The SMILES string of the molecule is Cc1nc(C)c(CNC(=O)[C@@H](N)Cc2ccccc2)s1. The number of hydrogen-bond donors (Lipinski definition) is 2. The molecule has 0 radical (unpaired) electrons. The molecule has 0 aliphatic rings. The van der Waals surface area contributed by atoms with Gasteiger partial charge in [0.25, 0.3) is 0 Å². The molecule has 1 heterocycles. The molecule has 0 aliphatic carbocycles. The molecular weight excluding hydrogens is 270 g/mol. The fraction of sp³-hybridized carbons (Fsp3) is 0.333. The van der Waals surface area contributed by atoms with Gasteiger partial charge in [-0.2, -0.15) is 0 Å². The van der Waals surface area contributed by atoms with E-state index in [1.807, 2.05) is 44.2 Å². The molecule has 1 atom stereocenters. The van der Waals surface area contributed by atoms with Gasteiger partial charge in [0.2, 0.25) is 5.91 Å². The molecule has 0 bridgehead atoms. The van der Waals surface area contributed by atoms with Crippen molar-refractivity contribution in [1.29, 1.82) is 0 Å². The second kappa shape index (κ2) is 6.63. The summed E-state index contributed by atoms with van der Waals surface area (Å²) in [4.78, 5) is 17.4. The Kier molecular flexibility index (Phi) is 4.87. The smallest absolute Gasteiger partial charge is 0.237 e. The summed E-state index contributed by atoms with van der Waals surface area (Å²) < 4.78 is 0. The van der Waals surface area contributed by atoms with E-state index in [4.69, 9.17) is 5.73 Å². The maximum Gasteiger partial charge on any atom is 0.237 e. The van der Waals surface area contributed by atoms with Gasteiger partial charge in [-0.05, 0) is 25.8 Å². The number of nitrogens with one attached hydrogen (secondary N) is 1. The van der Waals surface area contributed by atoms with Crippen LogP contribution in [0.3, 0.4) is 0 Å². The molecule has 0 saturated carbocycles. The van der Waals surface area contributed by atoms with Crippen LogP contribution >= 0.6 is 11.3 Å². The van der Waals surface area contributed by atoms with Crippen molar-refractivity contribution in [3.63, 3.8) is 0 Å². The van der Waals surface area contributed by atoms with Gasteiger partial charge in [-0.25, -0.2) is 4.98 Å². The number of carbonyl (C=O) groups excluding carboxylic acids is 1. The van der Waals surface area contributed by atoms with Gasteiger partial charge in [-0.15, -0.1) is 11.3 Å². The summed E-state index contributed by atoms with van der Waals surface area (Å²) in [5.41, 5.74) is 7.98. The van der Waals surface area contributed by atoms with Crippen molar-refractivity contribution >= 4 is 17.2 Å². The Morgan fingerprint density at radius 2 is 2.05 bits per heavy atom. The van der Waals surface area contributed by atoms with E-state index in [2.05, 4.69) is 10.3 Å². The first-order chi connectivity index (χ1) is 9.56. The number of hydrogen-bond acceptors (Lipinski definition) is 4. The fourth-order valence-corrected chi connectivity index (χ4v) is 2.87. The molecule has 4 nitrogen and oxygen atoms in total. The number of benzene rings is 1. The molecule has 0 unspecified atom stereocenters. The number of nitrogens with two attached hydrogens (primary N) is 1. The molecule has 20 heavy (non-hydrogen) atoms. The lowest BCUT2D eigenvalue weighted by Gasteiger charge is -2.12. The van der Waals surface area contributed by atoms with E-state index in [-0.39, 0.29) is 5.91 Å². The number of carbonyl (C=O) groups is 1. The van der Waals surface area contributed by atoms with Crippen LogP contribution in [0.1, 0.15) is 21.1 Å². The Labute approximate surface area is 123 Å². The largest absolute Gasteiger partial charge is 0.350 e. The lowest BCUT2D eigenvalue weighted by Crippen LogP contribution is -2.41.